The molecular weight excluding hydrogens is 361 g/mol. The molecule has 1 aromatic carbocycles. The van der Waals surface area contributed by atoms with Crippen molar-refractivity contribution in [3.05, 3.63) is 69.3 Å². The van der Waals surface area contributed by atoms with Crippen molar-refractivity contribution >= 4 is 34.0 Å². The van der Waals surface area contributed by atoms with Crippen LogP contribution >= 0.6 is 23.1 Å². The van der Waals surface area contributed by atoms with Crippen LogP contribution in [0.5, 0.6) is 0 Å². The lowest BCUT2D eigenvalue weighted by Gasteiger charge is -2.05. The van der Waals surface area contributed by atoms with E-state index < -0.39 is 0 Å². The topological polar surface area (TPSA) is 63.5 Å². The Kier molecular flexibility index (Phi) is 5.83. The molecular formula is C17H16FN3O2S2. The van der Waals surface area contributed by atoms with Crippen molar-refractivity contribution < 1.29 is 9.18 Å². The maximum atomic E-state index is 12.8. The maximum absolute atomic E-state index is 12.8. The quantitative estimate of drug-likeness (QED) is 0.687. The number of carbonyl (C=O) groups is 1. The Labute approximate surface area is 151 Å². The van der Waals surface area contributed by atoms with E-state index in [1.807, 2.05) is 5.38 Å². The zero-order valence-corrected chi connectivity index (χ0v) is 14.9. The monoisotopic (exact) mass is 377 g/mol. The number of amides is 1. The van der Waals surface area contributed by atoms with E-state index >= 15 is 0 Å². The Hall–Kier alpha value is -2.19. The fourth-order valence-electron chi connectivity index (χ4n) is 2.26. The molecule has 3 rings (SSSR count). The third-order valence-electron chi connectivity index (χ3n) is 3.49. The van der Waals surface area contributed by atoms with Crippen molar-refractivity contribution in [2.75, 3.05) is 12.3 Å². The molecule has 0 fully saturated rings. The van der Waals surface area contributed by atoms with Crippen molar-refractivity contribution in [3.8, 4) is 0 Å². The highest BCUT2D eigenvalue weighted by Crippen LogP contribution is 2.12. The fourth-order valence-corrected chi connectivity index (χ4v) is 3.74. The Bertz CT molecular complexity index is 922. The van der Waals surface area contributed by atoms with Gasteiger partial charge in [0.2, 0.25) is 5.91 Å². The molecule has 1 amide bonds. The van der Waals surface area contributed by atoms with Gasteiger partial charge in [0.25, 0.3) is 5.56 Å². The van der Waals surface area contributed by atoms with Gasteiger partial charge in [0.15, 0.2) is 4.96 Å². The van der Waals surface area contributed by atoms with Crippen LogP contribution in [0.15, 0.2) is 46.7 Å². The highest BCUT2D eigenvalue weighted by atomic mass is 32.2. The van der Waals surface area contributed by atoms with E-state index in [-0.39, 0.29) is 17.3 Å². The number of nitrogens with zero attached hydrogens (tertiary/aromatic N) is 2. The van der Waals surface area contributed by atoms with Gasteiger partial charge in [-0.3, -0.25) is 14.0 Å². The van der Waals surface area contributed by atoms with Crippen LogP contribution in [0.2, 0.25) is 0 Å². The van der Waals surface area contributed by atoms with Crippen molar-refractivity contribution in [2.45, 2.75) is 12.2 Å². The number of hydrogen-bond donors (Lipinski definition) is 1. The molecule has 0 radical (unpaired) electrons. The van der Waals surface area contributed by atoms with E-state index in [0.717, 1.165) is 5.56 Å². The van der Waals surface area contributed by atoms with Gasteiger partial charge >= 0.3 is 0 Å². The third-order valence-corrected chi connectivity index (χ3v) is 5.21. The van der Waals surface area contributed by atoms with Gasteiger partial charge in [-0.05, 0) is 24.1 Å². The average Bonchev–Trinajstić information content (AvgIpc) is 3.06. The molecule has 2 heterocycles. The zero-order valence-electron chi connectivity index (χ0n) is 13.3. The number of aromatic nitrogens is 2. The summed E-state index contributed by atoms with van der Waals surface area (Å²) in [4.78, 5) is 28.8. The van der Waals surface area contributed by atoms with Crippen molar-refractivity contribution in [2.24, 2.45) is 0 Å². The average molecular weight is 377 g/mol. The lowest BCUT2D eigenvalue weighted by Crippen LogP contribution is -2.27. The van der Waals surface area contributed by atoms with Crippen LogP contribution in [0.4, 0.5) is 4.39 Å². The molecule has 0 aliphatic heterocycles. The van der Waals surface area contributed by atoms with Crippen LogP contribution in [0.25, 0.3) is 4.96 Å². The van der Waals surface area contributed by atoms with E-state index in [1.54, 1.807) is 18.3 Å². The summed E-state index contributed by atoms with van der Waals surface area (Å²) in [7, 11) is 0. The molecule has 25 heavy (non-hydrogen) atoms. The first-order valence-corrected chi connectivity index (χ1v) is 9.70. The van der Waals surface area contributed by atoms with Gasteiger partial charge in [-0.15, -0.1) is 23.1 Å². The predicted molar refractivity (Wildman–Crippen MR) is 98.6 cm³/mol. The second kappa shape index (κ2) is 8.26. The number of hydrogen-bond acceptors (Lipinski definition) is 5. The molecule has 0 spiro atoms. The maximum Gasteiger partial charge on any atom is 0.258 e. The highest BCUT2D eigenvalue weighted by molar-refractivity contribution is 7.99. The number of halogens is 1. The molecule has 3 aromatic rings. The van der Waals surface area contributed by atoms with Crippen LogP contribution < -0.4 is 10.9 Å². The number of thioether (sulfide) groups is 1. The molecule has 0 atom stereocenters. The Morgan fingerprint density at radius 3 is 2.92 bits per heavy atom. The molecule has 2 aromatic heterocycles. The number of nitrogens with one attached hydrogen (secondary N) is 1. The fraction of sp³-hybridized carbons (Fsp3) is 0.235. The largest absolute Gasteiger partial charge is 0.355 e. The Morgan fingerprint density at radius 2 is 2.12 bits per heavy atom. The minimum atomic E-state index is -0.266. The summed E-state index contributed by atoms with van der Waals surface area (Å²) in [5.41, 5.74) is 1.55. The van der Waals surface area contributed by atoms with Crippen molar-refractivity contribution in [1.29, 1.82) is 0 Å². The van der Waals surface area contributed by atoms with Crippen LogP contribution in [-0.4, -0.2) is 27.6 Å². The molecule has 0 aliphatic carbocycles. The molecule has 5 nitrogen and oxygen atoms in total. The molecule has 1 N–H and O–H groups in total. The highest BCUT2D eigenvalue weighted by Gasteiger charge is 2.06. The number of rotatable bonds is 7. The number of benzene rings is 1. The second-order valence-electron chi connectivity index (χ2n) is 5.36. The molecule has 0 bridgehead atoms. The summed E-state index contributed by atoms with van der Waals surface area (Å²) in [6.07, 6.45) is 2.35. The molecule has 0 unspecified atom stereocenters. The van der Waals surface area contributed by atoms with Gasteiger partial charge in [0.1, 0.15) is 5.82 Å². The first-order chi connectivity index (χ1) is 12.1. The molecule has 0 saturated carbocycles. The molecule has 130 valence electrons. The Morgan fingerprint density at radius 1 is 1.32 bits per heavy atom. The number of thiazole rings is 1. The summed E-state index contributed by atoms with van der Waals surface area (Å²) < 4.78 is 14.3. The lowest BCUT2D eigenvalue weighted by molar-refractivity contribution is -0.118. The van der Waals surface area contributed by atoms with Crippen LogP contribution in [0.3, 0.4) is 0 Å². The van der Waals surface area contributed by atoms with Gasteiger partial charge in [-0.25, -0.2) is 9.37 Å². The number of fused-ring (bicyclic) bond motifs is 1. The molecule has 0 saturated heterocycles. The van der Waals surface area contributed by atoms with Crippen molar-refractivity contribution in [3.63, 3.8) is 0 Å². The van der Waals surface area contributed by atoms with Gasteiger partial charge in [-0.1, -0.05) is 12.1 Å². The molecule has 8 heteroatoms. The summed E-state index contributed by atoms with van der Waals surface area (Å²) in [5, 5.41) is 4.65. The summed E-state index contributed by atoms with van der Waals surface area (Å²) in [6, 6.07) is 7.74. The summed E-state index contributed by atoms with van der Waals surface area (Å²) >= 11 is 2.82. The van der Waals surface area contributed by atoms with Gasteiger partial charge in [-0.2, -0.15) is 0 Å². The molecule has 0 aliphatic rings. The lowest BCUT2D eigenvalue weighted by atomic mass is 10.1. The van der Waals surface area contributed by atoms with Crippen molar-refractivity contribution in [1.82, 2.24) is 14.7 Å². The summed E-state index contributed by atoms with van der Waals surface area (Å²) in [6.45, 7) is 0.506. The van der Waals surface area contributed by atoms with E-state index in [4.69, 9.17) is 0 Å². The summed E-state index contributed by atoms with van der Waals surface area (Å²) in [5.74, 6) is 0.475. The van der Waals surface area contributed by atoms with E-state index in [0.29, 0.717) is 35.1 Å². The zero-order chi connectivity index (χ0) is 17.6. The standard InChI is InChI=1S/C17H16FN3O2S2/c18-13-3-1-12(2-4-13)5-6-19-15(22)11-24-10-14-9-16(23)21-7-8-25-17(21)20-14/h1-4,7-9H,5-6,10-11H2,(H,19,22). The smallest absolute Gasteiger partial charge is 0.258 e. The SMILES string of the molecule is O=C(CSCc1cc(=O)n2ccsc2n1)NCCc1ccc(F)cc1. The van der Waals surface area contributed by atoms with Crippen LogP contribution in [-0.2, 0) is 17.0 Å². The van der Waals surface area contributed by atoms with Gasteiger partial charge in [0, 0.05) is 29.9 Å². The van der Waals surface area contributed by atoms with Gasteiger partial charge in [0.05, 0.1) is 11.4 Å². The minimum absolute atomic E-state index is 0.0685. The first-order valence-electron chi connectivity index (χ1n) is 7.66. The third kappa shape index (κ3) is 4.90. The normalized spacial score (nSPS) is 10.9. The number of carbonyl (C=O) groups excluding carboxylic acids is 1. The van der Waals surface area contributed by atoms with Gasteiger partial charge < -0.3 is 5.32 Å². The van der Waals surface area contributed by atoms with E-state index in [2.05, 4.69) is 10.3 Å². The van der Waals surface area contributed by atoms with E-state index in [9.17, 15) is 14.0 Å². The second-order valence-corrected chi connectivity index (χ2v) is 7.22. The minimum Gasteiger partial charge on any atom is -0.355 e. The van der Waals surface area contributed by atoms with Crippen LogP contribution in [0, 0.1) is 5.82 Å². The van der Waals surface area contributed by atoms with Crippen LogP contribution in [0.1, 0.15) is 11.3 Å². The van der Waals surface area contributed by atoms with E-state index in [1.165, 1.54) is 45.7 Å². The predicted octanol–water partition coefficient (Wildman–Crippen LogP) is 2.49. The Balaban J connectivity index is 1.41. The first kappa shape index (κ1) is 17.6.